The maximum Gasteiger partial charge on any atom is 0.260 e. The van der Waals surface area contributed by atoms with Crippen molar-refractivity contribution >= 4 is 17.5 Å². The number of benzene rings is 1. The second-order valence-electron chi connectivity index (χ2n) is 6.96. The van der Waals surface area contributed by atoms with Crippen LogP contribution in [0.4, 0.5) is 14.5 Å². The van der Waals surface area contributed by atoms with Gasteiger partial charge in [-0.3, -0.25) is 9.59 Å². The van der Waals surface area contributed by atoms with Crippen molar-refractivity contribution in [2.75, 3.05) is 25.9 Å². The molecule has 3 atom stereocenters. The molecule has 1 unspecified atom stereocenters. The van der Waals surface area contributed by atoms with E-state index in [1.807, 2.05) is 0 Å². The first-order valence-electron chi connectivity index (χ1n) is 8.24. The fourth-order valence-corrected chi connectivity index (χ4v) is 3.87. The lowest BCUT2D eigenvalue weighted by Crippen LogP contribution is -2.51. The highest BCUT2D eigenvalue weighted by atomic mass is 19.3. The predicted octanol–water partition coefficient (Wildman–Crippen LogP) is 1.36. The van der Waals surface area contributed by atoms with Gasteiger partial charge in [-0.2, -0.15) is 0 Å². The molecule has 2 saturated heterocycles. The van der Waals surface area contributed by atoms with Crippen LogP contribution >= 0.6 is 0 Å². The molecular weight excluding hydrogens is 332 g/mol. The number of rotatable bonds is 3. The number of carbonyl (C=O) groups is 2. The molecule has 2 amide bonds. The van der Waals surface area contributed by atoms with Gasteiger partial charge in [0.2, 0.25) is 5.91 Å². The molecule has 1 aliphatic carbocycles. The molecule has 2 bridgehead atoms. The van der Waals surface area contributed by atoms with E-state index in [1.165, 1.54) is 12.0 Å². The zero-order chi connectivity index (χ0) is 17.9. The van der Waals surface area contributed by atoms with Crippen molar-refractivity contribution in [3.63, 3.8) is 0 Å². The molecule has 134 valence electrons. The van der Waals surface area contributed by atoms with Crippen LogP contribution in [0, 0.1) is 5.92 Å². The van der Waals surface area contributed by atoms with Gasteiger partial charge in [0.05, 0.1) is 24.8 Å². The van der Waals surface area contributed by atoms with E-state index in [-0.39, 0.29) is 24.4 Å². The molecule has 2 heterocycles. The van der Waals surface area contributed by atoms with E-state index in [0.29, 0.717) is 36.5 Å². The van der Waals surface area contributed by atoms with Crippen LogP contribution in [0.25, 0.3) is 0 Å². The average molecular weight is 351 g/mol. The van der Waals surface area contributed by atoms with E-state index < -0.39 is 17.7 Å². The molecule has 25 heavy (non-hydrogen) atoms. The fourth-order valence-electron chi connectivity index (χ4n) is 3.87. The number of nitrogens with two attached hydrogens (primary N) is 1. The normalized spacial score (nSPS) is 29.0. The van der Waals surface area contributed by atoms with Gasteiger partial charge in [-0.1, -0.05) is 0 Å². The molecular formula is C17H19F2N3O3. The number of piperazine rings is 1. The first-order valence-corrected chi connectivity index (χ1v) is 8.24. The Bertz CT molecular complexity index is 755. The summed E-state index contributed by atoms with van der Waals surface area (Å²) in [5.74, 6) is -4.19. The maximum absolute atomic E-state index is 13.1. The van der Waals surface area contributed by atoms with Crippen molar-refractivity contribution in [2.45, 2.75) is 30.8 Å². The largest absolute Gasteiger partial charge is 0.497 e. The summed E-state index contributed by atoms with van der Waals surface area (Å²) in [6, 6.07) is 4.55. The number of hydrogen-bond donors (Lipinski definition) is 1. The SMILES string of the molecule is COc1ccc(N)c(C(=O)N2C[C@@H]3C[C@H]2CN3C(=O)C2CC2(F)F)c1. The number of carbonyl (C=O) groups excluding carboxylic acids is 2. The van der Waals surface area contributed by atoms with Crippen molar-refractivity contribution in [1.29, 1.82) is 0 Å². The van der Waals surface area contributed by atoms with Crippen molar-refractivity contribution in [1.82, 2.24) is 9.80 Å². The van der Waals surface area contributed by atoms with E-state index in [0.717, 1.165) is 0 Å². The Morgan fingerprint density at radius 3 is 2.44 bits per heavy atom. The van der Waals surface area contributed by atoms with E-state index >= 15 is 0 Å². The first kappa shape index (κ1) is 16.1. The Balaban J connectivity index is 1.47. The number of ether oxygens (including phenoxy) is 1. The Morgan fingerprint density at radius 2 is 1.88 bits per heavy atom. The summed E-state index contributed by atoms with van der Waals surface area (Å²) in [7, 11) is 1.51. The van der Waals surface area contributed by atoms with Crippen LogP contribution in [0.3, 0.4) is 0 Å². The first-order chi connectivity index (χ1) is 11.8. The number of anilines is 1. The van der Waals surface area contributed by atoms with Crippen molar-refractivity contribution < 1.29 is 23.1 Å². The molecule has 4 rings (SSSR count). The Labute approximate surface area is 143 Å². The number of halogens is 2. The topological polar surface area (TPSA) is 75.9 Å². The van der Waals surface area contributed by atoms with Crippen molar-refractivity contribution in [2.24, 2.45) is 5.92 Å². The van der Waals surface area contributed by atoms with E-state index in [2.05, 4.69) is 0 Å². The molecule has 1 aromatic rings. The minimum absolute atomic E-state index is 0.153. The van der Waals surface area contributed by atoms with Gasteiger partial charge in [0.25, 0.3) is 11.8 Å². The highest BCUT2D eigenvalue weighted by molar-refractivity contribution is 6.00. The number of nitrogen functional groups attached to an aromatic ring is 1. The summed E-state index contributed by atoms with van der Waals surface area (Å²) < 4.78 is 31.4. The van der Waals surface area contributed by atoms with E-state index in [1.54, 1.807) is 23.1 Å². The molecule has 8 heteroatoms. The maximum atomic E-state index is 13.1. The van der Waals surface area contributed by atoms with Gasteiger partial charge in [-0.15, -0.1) is 0 Å². The second-order valence-corrected chi connectivity index (χ2v) is 6.96. The van der Waals surface area contributed by atoms with E-state index in [9.17, 15) is 18.4 Å². The highest BCUT2D eigenvalue weighted by Gasteiger charge is 2.64. The smallest absolute Gasteiger partial charge is 0.260 e. The summed E-state index contributed by atoms with van der Waals surface area (Å²) in [5.41, 5.74) is 6.63. The van der Waals surface area contributed by atoms with Crippen LogP contribution in [-0.4, -0.2) is 59.8 Å². The molecule has 0 spiro atoms. The van der Waals surface area contributed by atoms with Gasteiger partial charge in [0.15, 0.2) is 0 Å². The van der Waals surface area contributed by atoms with Crippen LogP contribution < -0.4 is 10.5 Å². The number of hydrogen-bond acceptors (Lipinski definition) is 4. The van der Waals surface area contributed by atoms with Gasteiger partial charge in [-0.25, -0.2) is 8.78 Å². The van der Waals surface area contributed by atoms with Gasteiger partial charge in [0.1, 0.15) is 11.7 Å². The lowest BCUT2D eigenvalue weighted by molar-refractivity contribution is -0.137. The average Bonchev–Trinajstić information content (AvgIpc) is 2.94. The molecule has 1 aromatic carbocycles. The van der Waals surface area contributed by atoms with Gasteiger partial charge in [-0.05, 0) is 24.6 Å². The van der Waals surface area contributed by atoms with E-state index in [4.69, 9.17) is 10.5 Å². The molecule has 2 aliphatic heterocycles. The fraction of sp³-hybridized carbons (Fsp3) is 0.529. The monoisotopic (exact) mass is 351 g/mol. The minimum atomic E-state index is -2.86. The van der Waals surface area contributed by atoms with Crippen LogP contribution in [0.1, 0.15) is 23.2 Å². The third-order valence-electron chi connectivity index (χ3n) is 5.40. The molecule has 2 N–H and O–H groups in total. The van der Waals surface area contributed by atoms with Crippen molar-refractivity contribution in [3.05, 3.63) is 23.8 Å². The van der Waals surface area contributed by atoms with Crippen LogP contribution in [-0.2, 0) is 4.79 Å². The minimum Gasteiger partial charge on any atom is -0.497 e. The third kappa shape index (κ3) is 2.51. The molecule has 3 fully saturated rings. The third-order valence-corrected chi connectivity index (χ3v) is 5.40. The zero-order valence-electron chi connectivity index (χ0n) is 13.7. The number of fused-ring (bicyclic) bond motifs is 2. The van der Waals surface area contributed by atoms with Gasteiger partial charge in [0, 0.05) is 25.2 Å². The number of likely N-dealkylation sites (tertiary alicyclic amines) is 2. The standard InChI is InChI=1S/C17H19F2N3O3/c1-25-11-2-3-14(20)12(5-11)15(23)21-7-10-4-9(21)8-22(10)16(24)13-6-17(13,18)19/h2-3,5,9-10,13H,4,6-8,20H2,1H3/t9-,10-,13?/m0/s1. The van der Waals surface area contributed by atoms with Crippen molar-refractivity contribution in [3.8, 4) is 5.75 Å². The lowest BCUT2D eigenvalue weighted by atomic mass is 10.1. The highest BCUT2D eigenvalue weighted by Crippen LogP contribution is 2.50. The number of alkyl halides is 2. The Kier molecular flexibility index (Phi) is 3.42. The summed E-state index contributed by atoms with van der Waals surface area (Å²) >= 11 is 0. The summed E-state index contributed by atoms with van der Waals surface area (Å²) in [5, 5.41) is 0. The van der Waals surface area contributed by atoms with Crippen LogP contribution in [0.15, 0.2) is 18.2 Å². The molecule has 6 nitrogen and oxygen atoms in total. The molecule has 1 saturated carbocycles. The van der Waals surface area contributed by atoms with Crippen LogP contribution in [0.5, 0.6) is 5.75 Å². The second kappa shape index (κ2) is 5.31. The molecule has 0 radical (unpaired) electrons. The molecule has 3 aliphatic rings. The zero-order valence-corrected chi connectivity index (χ0v) is 13.7. The predicted molar refractivity (Wildman–Crippen MR) is 85.4 cm³/mol. The number of nitrogens with zero attached hydrogens (tertiary/aromatic N) is 2. The lowest BCUT2D eigenvalue weighted by Gasteiger charge is -2.34. The quantitative estimate of drug-likeness (QED) is 0.835. The Morgan fingerprint density at radius 1 is 1.24 bits per heavy atom. The van der Waals surface area contributed by atoms with Gasteiger partial charge < -0.3 is 20.3 Å². The van der Waals surface area contributed by atoms with Gasteiger partial charge >= 0.3 is 0 Å². The summed E-state index contributed by atoms with van der Waals surface area (Å²) in [6.07, 6.45) is 0.266. The summed E-state index contributed by atoms with van der Waals surface area (Å²) in [6.45, 7) is 0.663. The Hall–Kier alpha value is -2.38. The summed E-state index contributed by atoms with van der Waals surface area (Å²) in [4.78, 5) is 28.2. The number of amides is 2. The van der Waals surface area contributed by atoms with Crippen LogP contribution in [0.2, 0.25) is 0 Å². The molecule has 0 aromatic heterocycles. The number of methoxy groups -OCH3 is 1.